The number of nitrogens with zero attached hydrogens (tertiary/aromatic N) is 7. The second kappa shape index (κ2) is 10.4. The molecular weight excluding hydrogens is 476 g/mol. The molecule has 1 saturated carbocycles. The first-order valence-electron chi connectivity index (χ1n) is 13.3. The fourth-order valence-corrected chi connectivity index (χ4v) is 5.76. The first-order valence-corrected chi connectivity index (χ1v) is 13.3. The molecule has 3 heterocycles. The Labute approximate surface area is 222 Å². The number of rotatable bonds is 5. The Kier molecular flexibility index (Phi) is 6.66. The van der Waals surface area contributed by atoms with Gasteiger partial charge in [0.25, 0.3) is 0 Å². The minimum absolute atomic E-state index is 0.286. The summed E-state index contributed by atoms with van der Waals surface area (Å²) in [5.74, 6) is 1.61. The van der Waals surface area contributed by atoms with Crippen molar-refractivity contribution in [1.82, 2.24) is 29.5 Å². The second-order valence-electron chi connectivity index (χ2n) is 10.3. The third-order valence-corrected chi connectivity index (χ3v) is 7.95. The molecule has 9 heteroatoms. The fourth-order valence-electron chi connectivity index (χ4n) is 5.76. The van der Waals surface area contributed by atoms with Crippen molar-refractivity contribution in [2.24, 2.45) is 0 Å². The first kappa shape index (κ1) is 24.3. The summed E-state index contributed by atoms with van der Waals surface area (Å²) in [5, 5.41) is 15.2. The molecule has 0 spiro atoms. The molecule has 6 rings (SSSR count). The molecule has 2 aliphatic rings. The Bertz CT molecular complexity index is 1460. The van der Waals surface area contributed by atoms with Crippen molar-refractivity contribution >= 4 is 16.9 Å². The van der Waals surface area contributed by atoms with E-state index in [0.29, 0.717) is 28.9 Å². The van der Waals surface area contributed by atoms with Crippen molar-refractivity contribution in [2.45, 2.75) is 37.8 Å². The van der Waals surface area contributed by atoms with Crippen LogP contribution in [-0.2, 0) is 0 Å². The number of benzene rings is 2. The molecule has 1 saturated heterocycles. The largest absolute Gasteiger partial charge is 0.456 e. The lowest BCUT2D eigenvalue weighted by molar-refractivity contribution is 0.0815. The van der Waals surface area contributed by atoms with Gasteiger partial charge in [-0.2, -0.15) is 10.4 Å². The second-order valence-corrected chi connectivity index (χ2v) is 10.3. The van der Waals surface area contributed by atoms with Gasteiger partial charge in [-0.25, -0.2) is 14.6 Å². The predicted octanol–water partition coefficient (Wildman–Crippen LogP) is 4.47. The van der Waals surface area contributed by atoms with E-state index in [1.54, 1.807) is 12.1 Å². The Balaban J connectivity index is 1.24. The zero-order valence-corrected chi connectivity index (χ0v) is 21.6. The zero-order chi connectivity index (χ0) is 26.1. The Morgan fingerprint density at radius 1 is 0.921 bits per heavy atom. The van der Waals surface area contributed by atoms with Gasteiger partial charge in [0.2, 0.25) is 0 Å². The van der Waals surface area contributed by atoms with Crippen LogP contribution in [0, 0.1) is 11.3 Å². The minimum atomic E-state index is 0.286. The molecule has 9 nitrogen and oxygen atoms in total. The highest BCUT2D eigenvalue weighted by atomic mass is 16.5. The molecule has 2 N–H and O–H groups in total. The van der Waals surface area contributed by atoms with Gasteiger partial charge in [0.05, 0.1) is 17.0 Å². The van der Waals surface area contributed by atoms with E-state index in [4.69, 9.17) is 15.6 Å². The van der Waals surface area contributed by atoms with Crippen LogP contribution in [0.3, 0.4) is 0 Å². The van der Waals surface area contributed by atoms with Crippen LogP contribution < -0.4 is 10.5 Å². The standard InChI is InChI=1S/C29H32N8O/c1-35-14-16-36(17-15-35)22-8-10-23(11-9-22)37-29-26(28(31)32-19-33-29)27(34-37)20-6-12-24(13-7-20)38-25-5-3-2-4-21(25)18-30/h2-7,12-13,19,22-23H,8-11,14-17H2,1H3,(H2,31,32,33). The topological polar surface area (TPSA) is 109 Å². The number of fused-ring (bicyclic) bond motifs is 1. The maximum Gasteiger partial charge on any atom is 0.164 e. The average molecular weight is 509 g/mol. The highest BCUT2D eigenvalue weighted by molar-refractivity contribution is 5.98. The lowest BCUT2D eigenvalue weighted by Crippen LogP contribution is -2.49. The molecule has 194 valence electrons. The fraction of sp³-hybridized carbons (Fsp3) is 0.379. The molecule has 0 atom stereocenters. The lowest BCUT2D eigenvalue weighted by atomic mass is 9.90. The summed E-state index contributed by atoms with van der Waals surface area (Å²) in [5.41, 5.74) is 9.35. The highest BCUT2D eigenvalue weighted by Gasteiger charge is 2.30. The summed E-state index contributed by atoms with van der Waals surface area (Å²) in [4.78, 5) is 14.0. The van der Waals surface area contributed by atoms with Crippen molar-refractivity contribution in [3.05, 3.63) is 60.4 Å². The molecule has 0 unspecified atom stereocenters. The van der Waals surface area contributed by atoms with Crippen molar-refractivity contribution in [3.63, 3.8) is 0 Å². The molecule has 0 amide bonds. The quantitative estimate of drug-likeness (QED) is 0.421. The van der Waals surface area contributed by atoms with Crippen molar-refractivity contribution in [2.75, 3.05) is 39.0 Å². The van der Waals surface area contributed by atoms with E-state index in [1.807, 2.05) is 36.4 Å². The molecule has 2 aromatic heterocycles. The van der Waals surface area contributed by atoms with Crippen LogP contribution in [0.5, 0.6) is 11.5 Å². The van der Waals surface area contributed by atoms with Gasteiger partial charge in [0.15, 0.2) is 5.65 Å². The van der Waals surface area contributed by atoms with Gasteiger partial charge in [0.1, 0.15) is 35.4 Å². The highest BCUT2D eigenvalue weighted by Crippen LogP contribution is 2.37. The first-order chi connectivity index (χ1) is 18.6. The Hall–Kier alpha value is -4.00. The van der Waals surface area contributed by atoms with E-state index >= 15 is 0 Å². The van der Waals surface area contributed by atoms with E-state index in [-0.39, 0.29) is 6.04 Å². The molecule has 38 heavy (non-hydrogen) atoms. The summed E-state index contributed by atoms with van der Waals surface area (Å²) >= 11 is 0. The number of para-hydroxylation sites is 1. The molecule has 1 aliphatic heterocycles. The summed E-state index contributed by atoms with van der Waals surface area (Å²) in [7, 11) is 2.20. The molecule has 4 aromatic rings. The van der Waals surface area contributed by atoms with Crippen LogP contribution in [-0.4, -0.2) is 68.8 Å². The molecular formula is C29H32N8O. The van der Waals surface area contributed by atoms with Crippen LogP contribution in [0.25, 0.3) is 22.3 Å². The summed E-state index contributed by atoms with van der Waals surface area (Å²) < 4.78 is 8.04. The minimum Gasteiger partial charge on any atom is -0.456 e. The van der Waals surface area contributed by atoms with Crippen LogP contribution >= 0.6 is 0 Å². The van der Waals surface area contributed by atoms with Gasteiger partial charge in [-0.1, -0.05) is 12.1 Å². The van der Waals surface area contributed by atoms with E-state index in [1.165, 1.54) is 19.2 Å². The summed E-state index contributed by atoms with van der Waals surface area (Å²) in [6.07, 6.45) is 6.01. The monoisotopic (exact) mass is 508 g/mol. The zero-order valence-electron chi connectivity index (χ0n) is 21.6. The predicted molar refractivity (Wildman–Crippen MR) is 147 cm³/mol. The van der Waals surface area contributed by atoms with Gasteiger partial charge >= 0.3 is 0 Å². The number of hydrogen-bond donors (Lipinski definition) is 1. The van der Waals surface area contributed by atoms with Crippen LogP contribution in [0.4, 0.5) is 5.82 Å². The van der Waals surface area contributed by atoms with E-state index in [2.05, 4.69) is 37.6 Å². The maximum atomic E-state index is 9.35. The summed E-state index contributed by atoms with van der Waals surface area (Å²) in [6, 6.07) is 18.0. The molecule has 2 aromatic carbocycles. The van der Waals surface area contributed by atoms with E-state index in [9.17, 15) is 5.26 Å². The number of nitriles is 1. The number of piperazine rings is 1. The average Bonchev–Trinajstić information content (AvgIpc) is 3.35. The van der Waals surface area contributed by atoms with Crippen LogP contribution in [0.15, 0.2) is 54.9 Å². The van der Waals surface area contributed by atoms with Crippen molar-refractivity contribution in [3.8, 4) is 28.8 Å². The normalized spacial score (nSPS) is 20.8. The number of aromatic nitrogens is 4. The molecule has 0 radical (unpaired) electrons. The van der Waals surface area contributed by atoms with Crippen molar-refractivity contribution < 1.29 is 4.74 Å². The van der Waals surface area contributed by atoms with Gasteiger partial charge in [-0.3, -0.25) is 4.90 Å². The number of nitrogen functional groups attached to an aromatic ring is 1. The van der Waals surface area contributed by atoms with Gasteiger partial charge in [-0.05, 0) is 69.1 Å². The molecule has 0 bridgehead atoms. The smallest absolute Gasteiger partial charge is 0.164 e. The number of hydrogen-bond acceptors (Lipinski definition) is 8. The van der Waals surface area contributed by atoms with Gasteiger partial charge in [0, 0.05) is 37.8 Å². The lowest BCUT2D eigenvalue weighted by Gasteiger charge is -2.41. The van der Waals surface area contributed by atoms with E-state index < -0.39 is 0 Å². The number of ether oxygens (including phenoxy) is 1. The third kappa shape index (κ3) is 4.69. The maximum absolute atomic E-state index is 9.35. The third-order valence-electron chi connectivity index (χ3n) is 7.95. The van der Waals surface area contributed by atoms with Crippen LogP contribution in [0.1, 0.15) is 37.3 Å². The Morgan fingerprint density at radius 2 is 1.63 bits per heavy atom. The number of nitrogens with two attached hydrogens (primary N) is 1. The molecule has 2 fully saturated rings. The SMILES string of the molecule is CN1CCN(C2CCC(n3nc(-c4ccc(Oc5ccccc5C#N)cc4)c4c(N)ncnc43)CC2)CC1. The van der Waals surface area contributed by atoms with E-state index in [0.717, 1.165) is 61.3 Å². The van der Waals surface area contributed by atoms with Gasteiger partial charge in [-0.15, -0.1) is 0 Å². The Morgan fingerprint density at radius 3 is 2.37 bits per heavy atom. The summed E-state index contributed by atoms with van der Waals surface area (Å²) in [6.45, 7) is 4.62. The number of likely N-dealkylation sites (N-methyl/N-ethyl adjacent to an activating group) is 1. The van der Waals surface area contributed by atoms with Crippen LogP contribution in [0.2, 0.25) is 0 Å². The molecule has 1 aliphatic carbocycles. The number of anilines is 1. The van der Waals surface area contributed by atoms with Crippen molar-refractivity contribution in [1.29, 1.82) is 5.26 Å². The van der Waals surface area contributed by atoms with Gasteiger partial charge < -0.3 is 15.4 Å².